The standard InChI is InChI=1S/C17H32N2O2/c1-11-9-19(10-16(3,4)21-11)15(20)13-7-8-14(18)12(2)17(13,5)6/h11-14H,7-10,18H2,1-6H3. The molecule has 2 N–H and O–H groups in total. The van der Waals surface area contributed by atoms with Gasteiger partial charge in [-0.25, -0.2) is 0 Å². The van der Waals surface area contributed by atoms with Gasteiger partial charge in [-0.1, -0.05) is 20.8 Å². The predicted octanol–water partition coefficient (Wildman–Crippen LogP) is 2.41. The number of hydrogen-bond acceptors (Lipinski definition) is 3. The zero-order chi connectivity index (χ0) is 16.0. The van der Waals surface area contributed by atoms with E-state index in [1.54, 1.807) is 0 Å². The fourth-order valence-electron chi connectivity index (χ4n) is 4.13. The van der Waals surface area contributed by atoms with Gasteiger partial charge in [0.05, 0.1) is 11.7 Å². The van der Waals surface area contributed by atoms with Gasteiger partial charge in [0.15, 0.2) is 0 Å². The van der Waals surface area contributed by atoms with E-state index >= 15 is 0 Å². The fraction of sp³-hybridized carbons (Fsp3) is 0.941. The molecule has 1 aliphatic heterocycles. The maximum atomic E-state index is 13.1. The predicted molar refractivity (Wildman–Crippen MR) is 84.9 cm³/mol. The summed E-state index contributed by atoms with van der Waals surface area (Å²) in [5, 5.41) is 0. The molecule has 0 aromatic rings. The van der Waals surface area contributed by atoms with Crippen LogP contribution in [0.25, 0.3) is 0 Å². The molecule has 4 unspecified atom stereocenters. The number of ether oxygens (including phenoxy) is 1. The minimum Gasteiger partial charge on any atom is -0.369 e. The first kappa shape index (κ1) is 16.8. The maximum Gasteiger partial charge on any atom is 0.226 e. The van der Waals surface area contributed by atoms with E-state index in [0.29, 0.717) is 24.9 Å². The number of rotatable bonds is 1. The highest BCUT2D eigenvalue weighted by molar-refractivity contribution is 5.80. The molecular formula is C17H32N2O2. The normalized spacial score (nSPS) is 39.1. The maximum absolute atomic E-state index is 13.1. The monoisotopic (exact) mass is 296 g/mol. The second-order valence-corrected chi connectivity index (χ2v) is 8.31. The van der Waals surface area contributed by atoms with Crippen molar-refractivity contribution >= 4 is 5.91 Å². The molecule has 1 saturated carbocycles. The Morgan fingerprint density at radius 1 is 1.19 bits per heavy atom. The summed E-state index contributed by atoms with van der Waals surface area (Å²) in [6.07, 6.45) is 1.96. The fourth-order valence-corrected chi connectivity index (χ4v) is 4.13. The van der Waals surface area contributed by atoms with E-state index in [2.05, 4.69) is 34.6 Å². The molecule has 0 radical (unpaired) electrons. The molecule has 1 heterocycles. The lowest BCUT2D eigenvalue weighted by Crippen LogP contribution is -2.58. The van der Waals surface area contributed by atoms with Crippen LogP contribution in [0.5, 0.6) is 0 Å². The number of carbonyl (C=O) groups excluding carboxylic acids is 1. The average molecular weight is 296 g/mol. The van der Waals surface area contributed by atoms with Gasteiger partial charge in [-0.15, -0.1) is 0 Å². The number of amides is 1. The molecule has 21 heavy (non-hydrogen) atoms. The van der Waals surface area contributed by atoms with Crippen molar-refractivity contribution in [2.45, 2.75) is 72.1 Å². The molecule has 2 fully saturated rings. The molecule has 0 aromatic carbocycles. The lowest BCUT2D eigenvalue weighted by molar-refractivity contribution is -0.167. The molecule has 4 nitrogen and oxygen atoms in total. The summed E-state index contributed by atoms with van der Waals surface area (Å²) in [6.45, 7) is 14.2. The molecule has 1 aliphatic carbocycles. The van der Waals surface area contributed by atoms with Crippen molar-refractivity contribution in [2.75, 3.05) is 13.1 Å². The average Bonchev–Trinajstić information content (AvgIpc) is 2.33. The summed E-state index contributed by atoms with van der Waals surface area (Å²) < 4.78 is 5.92. The molecule has 0 spiro atoms. The third-order valence-electron chi connectivity index (χ3n) is 5.68. The number of carbonyl (C=O) groups is 1. The van der Waals surface area contributed by atoms with E-state index in [4.69, 9.17) is 10.5 Å². The summed E-state index contributed by atoms with van der Waals surface area (Å²) in [7, 11) is 0. The molecular weight excluding hydrogens is 264 g/mol. The van der Waals surface area contributed by atoms with Crippen LogP contribution in [0.1, 0.15) is 54.4 Å². The van der Waals surface area contributed by atoms with Crippen LogP contribution in [0.4, 0.5) is 0 Å². The van der Waals surface area contributed by atoms with E-state index in [-0.39, 0.29) is 29.1 Å². The Bertz CT molecular complexity index is 406. The van der Waals surface area contributed by atoms with E-state index in [9.17, 15) is 4.79 Å². The molecule has 1 saturated heterocycles. The summed E-state index contributed by atoms with van der Waals surface area (Å²) in [5.41, 5.74) is 5.92. The van der Waals surface area contributed by atoms with E-state index in [1.165, 1.54) is 0 Å². The van der Waals surface area contributed by atoms with Crippen molar-refractivity contribution in [1.29, 1.82) is 0 Å². The van der Waals surface area contributed by atoms with Gasteiger partial charge in [0, 0.05) is 25.0 Å². The smallest absolute Gasteiger partial charge is 0.226 e. The topological polar surface area (TPSA) is 55.6 Å². The highest BCUT2D eigenvalue weighted by Gasteiger charge is 2.47. The van der Waals surface area contributed by atoms with E-state index in [1.807, 2.05) is 11.8 Å². The number of nitrogens with two attached hydrogens (primary N) is 1. The third-order valence-corrected chi connectivity index (χ3v) is 5.68. The Balaban J connectivity index is 2.16. The Morgan fingerprint density at radius 2 is 1.81 bits per heavy atom. The third kappa shape index (κ3) is 3.26. The van der Waals surface area contributed by atoms with Crippen molar-refractivity contribution < 1.29 is 9.53 Å². The molecule has 122 valence electrons. The van der Waals surface area contributed by atoms with Gasteiger partial charge in [-0.05, 0) is 44.9 Å². The zero-order valence-electron chi connectivity index (χ0n) is 14.5. The summed E-state index contributed by atoms with van der Waals surface area (Å²) >= 11 is 0. The molecule has 4 atom stereocenters. The van der Waals surface area contributed by atoms with Gasteiger partial charge in [-0.2, -0.15) is 0 Å². The van der Waals surface area contributed by atoms with Gasteiger partial charge in [0.25, 0.3) is 0 Å². The van der Waals surface area contributed by atoms with E-state index in [0.717, 1.165) is 12.8 Å². The van der Waals surface area contributed by atoms with Crippen molar-refractivity contribution in [1.82, 2.24) is 4.90 Å². The molecule has 0 aromatic heterocycles. The van der Waals surface area contributed by atoms with Crippen LogP contribution >= 0.6 is 0 Å². The summed E-state index contributed by atoms with van der Waals surface area (Å²) in [5.74, 6) is 0.738. The number of morpholine rings is 1. The van der Waals surface area contributed by atoms with Crippen LogP contribution in [-0.4, -0.2) is 41.6 Å². The SMILES string of the molecule is CC1CN(C(=O)C2CCC(N)C(C)C2(C)C)CC(C)(C)O1. The lowest BCUT2D eigenvalue weighted by atomic mass is 9.60. The van der Waals surface area contributed by atoms with Crippen LogP contribution in [0.15, 0.2) is 0 Å². The molecule has 4 heteroatoms. The van der Waals surface area contributed by atoms with Crippen LogP contribution in [0.3, 0.4) is 0 Å². The quantitative estimate of drug-likeness (QED) is 0.808. The molecule has 1 amide bonds. The van der Waals surface area contributed by atoms with Gasteiger partial charge in [0.1, 0.15) is 0 Å². The Hall–Kier alpha value is -0.610. The zero-order valence-corrected chi connectivity index (χ0v) is 14.5. The summed E-state index contributed by atoms with van der Waals surface area (Å²) in [6, 6.07) is 0.212. The first-order chi connectivity index (χ1) is 9.54. The Labute approximate surface area is 129 Å². The largest absolute Gasteiger partial charge is 0.369 e. The first-order valence-corrected chi connectivity index (χ1v) is 8.27. The minimum atomic E-state index is -0.256. The lowest BCUT2D eigenvalue weighted by Gasteiger charge is -2.49. The molecule has 0 bridgehead atoms. The molecule has 2 rings (SSSR count). The Morgan fingerprint density at radius 3 is 2.38 bits per heavy atom. The van der Waals surface area contributed by atoms with Crippen LogP contribution in [0, 0.1) is 17.3 Å². The number of hydrogen-bond donors (Lipinski definition) is 1. The minimum absolute atomic E-state index is 0.0412. The van der Waals surface area contributed by atoms with Crippen molar-refractivity contribution in [3.63, 3.8) is 0 Å². The van der Waals surface area contributed by atoms with Gasteiger partial charge in [0.2, 0.25) is 5.91 Å². The van der Waals surface area contributed by atoms with Crippen LogP contribution in [-0.2, 0) is 9.53 Å². The van der Waals surface area contributed by atoms with Crippen molar-refractivity contribution in [3.8, 4) is 0 Å². The van der Waals surface area contributed by atoms with Gasteiger partial charge in [-0.3, -0.25) is 4.79 Å². The van der Waals surface area contributed by atoms with Crippen molar-refractivity contribution in [2.24, 2.45) is 23.0 Å². The highest BCUT2D eigenvalue weighted by Crippen LogP contribution is 2.45. The van der Waals surface area contributed by atoms with Gasteiger partial charge < -0.3 is 15.4 Å². The van der Waals surface area contributed by atoms with E-state index < -0.39 is 0 Å². The second-order valence-electron chi connectivity index (χ2n) is 8.31. The number of nitrogens with zero attached hydrogens (tertiary/aromatic N) is 1. The summed E-state index contributed by atoms with van der Waals surface area (Å²) in [4.78, 5) is 15.1. The second kappa shape index (κ2) is 5.54. The van der Waals surface area contributed by atoms with Crippen molar-refractivity contribution in [3.05, 3.63) is 0 Å². The molecule has 2 aliphatic rings. The van der Waals surface area contributed by atoms with Crippen LogP contribution in [0.2, 0.25) is 0 Å². The highest BCUT2D eigenvalue weighted by atomic mass is 16.5. The van der Waals surface area contributed by atoms with Gasteiger partial charge >= 0.3 is 0 Å². The first-order valence-electron chi connectivity index (χ1n) is 8.27. The van der Waals surface area contributed by atoms with Crippen LogP contribution < -0.4 is 5.73 Å². The Kier molecular flexibility index (Phi) is 4.42.